The van der Waals surface area contributed by atoms with E-state index < -0.39 is 18.1 Å². The molecule has 1 aromatic carbocycles. The zero-order valence-electron chi connectivity index (χ0n) is 9.80. The van der Waals surface area contributed by atoms with Crippen LogP contribution in [0.15, 0.2) is 28.7 Å². The first-order valence-corrected chi connectivity index (χ1v) is 6.08. The van der Waals surface area contributed by atoms with E-state index in [0.717, 1.165) is 10.0 Å². The summed E-state index contributed by atoms with van der Waals surface area (Å²) in [6, 6.07) is 6.74. The van der Waals surface area contributed by atoms with Crippen molar-refractivity contribution >= 4 is 21.9 Å². The number of aliphatic hydroxyl groups excluding tert-OH is 1. The maximum absolute atomic E-state index is 10.8. The lowest BCUT2D eigenvalue weighted by Gasteiger charge is -2.24. The maximum atomic E-state index is 10.8. The van der Waals surface area contributed by atoms with Crippen LogP contribution < -0.4 is 0 Å². The number of hydrogen-bond acceptors (Lipinski definition) is 3. The molecule has 1 rings (SSSR count). The summed E-state index contributed by atoms with van der Waals surface area (Å²) < 4.78 is 0.823. The number of benzene rings is 1. The Hall–Kier alpha value is -0.910. The first-order valence-electron chi connectivity index (χ1n) is 5.29. The molecule has 0 spiro atoms. The number of aliphatic hydroxyl groups is 1. The summed E-state index contributed by atoms with van der Waals surface area (Å²) in [6.45, 7) is 1.87. The maximum Gasteiger partial charge on any atom is 0.320 e. The van der Waals surface area contributed by atoms with Crippen molar-refractivity contribution in [2.24, 2.45) is 0 Å². The molecule has 1 aromatic rings. The third-order valence-corrected chi connectivity index (χ3v) is 3.47. The quantitative estimate of drug-likeness (QED) is 0.872. The molecule has 2 unspecified atom stereocenters. The number of carboxylic acid groups (broad SMARTS) is 1. The van der Waals surface area contributed by atoms with Gasteiger partial charge in [-0.25, -0.2) is 0 Å². The van der Waals surface area contributed by atoms with E-state index in [4.69, 9.17) is 5.11 Å². The highest BCUT2D eigenvalue weighted by Gasteiger charge is 2.20. The van der Waals surface area contributed by atoms with E-state index in [1.165, 1.54) is 0 Å². The topological polar surface area (TPSA) is 60.8 Å². The van der Waals surface area contributed by atoms with Crippen molar-refractivity contribution in [2.45, 2.75) is 19.1 Å². The van der Waals surface area contributed by atoms with Gasteiger partial charge in [0.25, 0.3) is 0 Å². The monoisotopic (exact) mass is 301 g/mol. The molecule has 0 fully saturated rings. The first kappa shape index (κ1) is 14.2. The van der Waals surface area contributed by atoms with Gasteiger partial charge in [0.05, 0.1) is 6.10 Å². The molecule has 0 aromatic heterocycles. The molecule has 0 saturated heterocycles. The Labute approximate surface area is 109 Å². The second-order valence-electron chi connectivity index (χ2n) is 3.99. The second kappa shape index (κ2) is 6.14. The molecule has 0 aliphatic carbocycles. The molecule has 94 valence electrons. The zero-order valence-corrected chi connectivity index (χ0v) is 11.4. The van der Waals surface area contributed by atoms with E-state index >= 15 is 0 Å². The number of rotatable bonds is 5. The van der Waals surface area contributed by atoms with Gasteiger partial charge in [-0.3, -0.25) is 9.69 Å². The van der Waals surface area contributed by atoms with Crippen LogP contribution in [0.4, 0.5) is 0 Å². The third-order valence-electron chi connectivity index (χ3n) is 2.74. The van der Waals surface area contributed by atoms with Crippen molar-refractivity contribution in [2.75, 3.05) is 13.6 Å². The van der Waals surface area contributed by atoms with Crippen molar-refractivity contribution in [1.29, 1.82) is 0 Å². The minimum Gasteiger partial charge on any atom is -0.480 e. The molecule has 0 heterocycles. The van der Waals surface area contributed by atoms with Crippen molar-refractivity contribution in [3.63, 3.8) is 0 Å². The fourth-order valence-electron chi connectivity index (χ4n) is 1.46. The average molecular weight is 302 g/mol. The normalized spacial score (nSPS) is 14.6. The number of likely N-dealkylation sites (N-methyl/N-ethyl adjacent to an activating group) is 1. The molecule has 2 atom stereocenters. The molecule has 0 saturated carbocycles. The predicted molar refractivity (Wildman–Crippen MR) is 68.8 cm³/mol. The second-order valence-corrected chi connectivity index (χ2v) is 4.85. The van der Waals surface area contributed by atoms with Gasteiger partial charge in [0.1, 0.15) is 6.04 Å². The van der Waals surface area contributed by atoms with Crippen LogP contribution in [0.5, 0.6) is 0 Å². The van der Waals surface area contributed by atoms with E-state index in [0.29, 0.717) is 0 Å². The van der Waals surface area contributed by atoms with Crippen LogP contribution in [0.3, 0.4) is 0 Å². The van der Waals surface area contributed by atoms with Crippen LogP contribution in [0.25, 0.3) is 0 Å². The summed E-state index contributed by atoms with van der Waals surface area (Å²) in [5.74, 6) is -0.896. The molecular weight excluding hydrogens is 286 g/mol. The summed E-state index contributed by atoms with van der Waals surface area (Å²) in [5, 5.41) is 18.9. The molecule has 0 amide bonds. The number of nitrogens with zero attached hydrogens (tertiary/aromatic N) is 1. The van der Waals surface area contributed by atoms with Gasteiger partial charge < -0.3 is 10.2 Å². The largest absolute Gasteiger partial charge is 0.480 e. The van der Waals surface area contributed by atoms with Gasteiger partial charge >= 0.3 is 5.97 Å². The van der Waals surface area contributed by atoms with Crippen molar-refractivity contribution in [3.8, 4) is 0 Å². The van der Waals surface area contributed by atoms with E-state index in [1.807, 2.05) is 24.3 Å². The molecule has 2 N–H and O–H groups in total. The lowest BCUT2D eigenvalue weighted by Crippen LogP contribution is -2.38. The summed E-state index contributed by atoms with van der Waals surface area (Å²) in [6.07, 6.45) is -0.711. The Morgan fingerprint density at radius 1 is 1.47 bits per heavy atom. The Morgan fingerprint density at radius 2 is 2.06 bits per heavy atom. The van der Waals surface area contributed by atoms with E-state index in [-0.39, 0.29) is 6.54 Å². The Balaban J connectivity index is 2.70. The van der Waals surface area contributed by atoms with E-state index in [2.05, 4.69) is 15.9 Å². The fraction of sp³-hybridized carbons (Fsp3) is 0.417. The van der Waals surface area contributed by atoms with Crippen LogP contribution in [0.2, 0.25) is 0 Å². The van der Waals surface area contributed by atoms with Crippen LogP contribution in [0, 0.1) is 0 Å². The first-order chi connectivity index (χ1) is 7.93. The summed E-state index contributed by atoms with van der Waals surface area (Å²) in [7, 11) is 1.68. The standard InChI is InChI=1S/C12H16BrNO3/c1-8(12(16)17)14(2)7-11(15)9-5-3-4-6-10(9)13/h3-6,8,11,15H,7H2,1-2H3,(H,16,17). The highest BCUT2D eigenvalue weighted by Crippen LogP contribution is 2.23. The molecule has 0 bridgehead atoms. The fourth-order valence-corrected chi connectivity index (χ4v) is 2.01. The van der Waals surface area contributed by atoms with Crippen LogP contribution in [-0.4, -0.2) is 40.7 Å². The Bertz CT molecular complexity index is 397. The molecule has 17 heavy (non-hydrogen) atoms. The summed E-state index contributed by atoms with van der Waals surface area (Å²) in [5.41, 5.74) is 0.761. The van der Waals surface area contributed by atoms with Gasteiger partial charge in [-0.2, -0.15) is 0 Å². The van der Waals surface area contributed by atoms with Gasteiger partial charge in [0, 0.05) is 11.0 Å². The smallest absolute Gasteiger partial charge is 0.320 e. The molecule has 0 aliphatic heterocycles. The van der Waals surface area contributed by atoms with Gasteiger partial charge in [-0.1, -0.05) is 34.1 Å². The lowest BCUT2D eigenvalue weighted by atomic mass is 10.1. The van der Waals surface area contributed by atoms with Gasteiger partial charge in [0.2, 0.25) is 0 Å². The number of aliphatic carboxylic acids is 1. The van der Waals surface area contributed by atoms with E-state index in [9.17, 15) is 9.90 Å². The van der Waals surface area contributed by atoms with Gasteiger partial charge in [0.15, 0.2) is 0 Å². The molecule has 5 heteroatoms. The molecule has 4 nitrogen and oxygen atoms in total. The number of carbonyl (C=O) groups is 1. The summed E-state index contributed by atoms with van der Waals surface area (Å²) >= 11 is 3.36. The van der Waals surface area contributed by atoms with Gasteiger partial charge in [-0.15, -0.1) is 0 Å². The van der Waals surface area contributed by atoms with Crippen molar-refractivity contribution in [1.82, 2.24) is 4.90 Å². The lowest BCUT2D eigenvalue weighted by molar-refractivity contribution is -0.142. The SMILES string of the molecule is CC(C(=O)O)N(C)CC(O)c1ccccc1Br. The Kier molecular flexibility index (Phi) is 5.11. The Morgan fingerprint density at radius 3 is 2.59 bits per heavy atom. The van der Waals surface area contributed by atoms with E-state index in [1.54, 1.807) is 18.9 Å². The number of carboxylic acids is 1. The van der Waals surface area contributed by atoms with Crippen LogP contribution in [-0.2, 0) is 4.79 Å². The van der Waals surface area contributed by atoms with Crippen LogP contribution >= 0.6 is 15.9 Å². The molecular formula is C12H16BrNO3. The van der Waals surface area contributed by atoms with Crippen molar-refractivity contribution in [3.05, 3.63) is 34.3 Å². The predicted octanol–water partition coefficient (Wildman–Crippen LogP) is 1.89. The zero-order chi connectivity index (χ0) is 13.0. The highest BCUT2D eigenvalue weighted by atomic mass is 79.9. The molecule has 0 aliphatic rings. The summed E-state index contributed by atoms with van der Waals surface area (Å²) in [4.78, 5) is 12.4. The minimum absolute atomic E-state index is 0.274. The third kappa shape index (κ3) is 3.80. The van der Waals surface area contributed by atoms with Gasteiger partial charge in [-0.05, 0) is 25.6 Å². The minimum atomic E-state index is -0.896. The average Bonchev–Trinajstić information content (AvgIpc) is 2.28. The van der Waals surface area contributed by atoms with Crippen molar-refractivity contribution < 1.29 is 15.0 Å². The molecule has 0 radical (unpaired) electrons. The number of halogens is 1. The van der Waals surface area contributed by atoms with Crippen LogP contribution in [0.1, 0.15) is 18.6 Å². The highest BCUT2D eigenvalue weighted by molar-refractivity contribution is 9.10. The number of hydrogen-bond donors (Lipinski definition) is 2.